The fourth-order valence-corrected chi connectivity index (χ4v) is 4.03. The van der Waals surface area contributed by atoms with Gasteiger partial charge in [0.15, 0.2) is 0 Å². The summed E-state index contributed by atoms with van der Waals surface area (Å²) in [6.07, 6.45) is 1.04. The minimum absolute atomic E-state index is 0.115. The normalized spacial score (nSPS) is 22.4. The van der Waals surface area contributed by atoms with Crippen molar-refractivity contribution in [2.75, 3.05) is 20.3 Å². The molecule has 1 aromatic carbocycles. The van der Waals surface area contributed by atoms with Crippen LogP contribution in [-0.2, 0) is 21.2 Å². The van der Waals surface area contributed by atoms with Gasteiger partial charge in [-0.05, 0) is 50.1 Å². The number of methoxy groups -OCH3 is 1. The highest BCUT2D eigenvalue weighted by Gasteiger charge is 2.30. The Kier molecular flexibility index (Phi) is 5.21. The molecule has 118 valence electrons. The number of nitrogens with one attached hydrogen (secondary N) is 1. The fourth-order valence-electron chi connectivity index (χ4n) is 2.45. The molecule has 21 heavy (non-hydrogen) atoms. The van der Waals surface area contributed by atoms with Crippen molar-refractivity contribution in [2.24, 2.45) is 5.73 Å². The van der Waals surface area contributed by atoms with Gasteiger partial charge in [0.2, 0.25) is 10.0 Å². The molecule has 0 amide bonds. The number of benzene rings is 1. The van der Waals surface area contributed by atoms with Crippen LogP contribution in [-0.4, -0.2) is 40.8 Å². The van der Waals surface area contributed by atoms with Crippen molar-refractivity contribution in [3.63, 3.8) is 0 Å². The Hall–Kier alpha value is -1.15. The Morgan fingerprint density at radius 2 is 2.24 bits per heavy atom. The largest absolute Gasteiger partial charge is 0.497 e. The third-order valence-corrected chi connectivity index (χ3v) is 5.24. The van der Waals surface area contributed by atoms with Crippen LogP contribution in [0.5, 0.6) is 5.75 Å². The standard InChI is InChI=1S/C14H22N2O4S/c1-10-13(6-8-20-10)16-21(17,18)14-4-3-12(19-2)9-11(14)5-7-15/h3-4,9-10,13,16H,5-8,15H2,1-2H3. The van der Waals surface area contributed by atoms with E-state index in [1.54, 1.807) is 25.3 Å². The summed E-state index contributed by atoms with van der Waals surface area (Å²) >= 11 is 0. The smallest absolute Gasteiger partial charge is 0.241 e. The summed E-state index contributed by atoms with van der Waals surface area (Å²) in [4.78, 5) is 0.257. The third-order valence-electron chi connectivity index (χ3n) is 3.65. The highest BCUT2D eigenvalue weighted by molar-refractivity contribution is 7.89. The van der Waals surface area contributed by atoms with E-state index < -0.39 is 10.0 Å². The average Bonchev–Trinajstić information content (AvgIpc) is 2.83. The second-order valence-corrected chi connectivity index (χ2v) is 6.79. The summed E-state index contributed by atoms with van der Waals surface area (Å²) in [6, 6.07) is 4.73. The molecule has 1 fully saturated rings. The molecule has 0 aliphatic carbocycles. The van der Waals surface area contributed by atoms with Crippen molar-refractivity contribution in [1.29, 1.82) is 0 Å². The van der Waals surface area contributed by atoms with Gasteiger partial charge in [0, 0.05) is 6.61 Å². The lowest BCUT2D eigenvalue weighted by molar-refractivity contribution is 0.117. The van der Waals surface area contributed by atoms with E-state index >= 15 is 0 Å². The Morgan fingerprint density at radius 3 is 2.81 bits per heavy atom. The molecule has 2 rings (SSSR count). The first-order valence-corrected chi connectivity index (χ1v) is 8.47. The summed E-state index contributed by atoms with van der Waals surface area (Å²) in [6.45, 7) is 2.82. The van der Waals surface area contributed by atoms with Gasteiger partial charge in [-0.25, -0.2) is 13.1 Å². The predicted molar refractivity (Wildman–Crippen MR) is 79.9 cm³/mol. The zero-order valence-corrected chi connectivity index (χ0v) is 13.2. The number of ether oxygens (including phenoxy) is 2. The van der Waals surface area contributed by atoms with E-state index in [-0.39, 0.29) is 17.0 Å². The lowest BCUT2D eigenvalue weighted by atomic mass is 10.1. The molecule has 0 saturated carbocycles. The van der Waals surface area contributed by atoms with Crippen molar-refractivity contribution in [2.45, 2.75) is 36.8 Å². The molecular formula is C14H22N2O4S. The first-order chi connectivity index (χ1) is 9.97. The van der Waals surface area contributed by atoms with Crippen molar-refractivity contribution < 1.29 is 17.9 Å². The Labute approximate surface area is 125 Å². The zero-order chi connectivity index (χ0) is 15.5. The highest BCUT2D eigenvalue weighted by atomic mass is 32.2. The van der Waals surface area contributed by atoms with Gasteiger partial charge in [-0.15, -0.1) is 0 Å². The van der Waals surface area contributed by atoms with E-state index in [0.29, 0.717) is 37.3 Å². The zero-order valence-electron chi connectivity index (χ0n) is 12.3. The monoisotopic (exact) mass is 314 g/mol. The van der Waals surface area contributed by atoms with Gasteiger partial charge in [-0.3, -0.25) is 0 Å². The van der Waals surface area contributed by atoms with Gasteiger partial charge in [-0.1, -0.05) is 0 Å². The number of hydrogen-bond acceptors (Lipinski definition) is 5. The van der Waals surface area contributed by atoms with Crippen LogP contribution in [0, 0.1) is 0 Å². The van der Waals surface area contributed by atoms with Gasteiger partial charge in [0.05, 0.1) is 24.2 Å². The van der Waals surface area contributed by atoms with E-state index in [4.69, 9.17) is 15.2 Å². The summed E-state index contributed by atoms with van der Waals surface area (Å²) in [5.41, 5.74) is 6.24. The topological polar surface area (TPSA) is 90.7 Å². The number of sulfonamides is 1. The Balaban J connectivity index is 2.30. The van der Waals surface area contributed by atoms with E-state index in [2.05, 4.69) is 4.72 Å². The number of hydrogen-bond donors (Lipinski definition) is 2. The summed E-state index contributed by atoms with van der Waals surface area (Å²) in [5, 5.41) is 0. The van der Waals surface area contributed by atoms with Crippen LogP contribution in [0.25, 0.3) is 0 Å². The lowest BCUT2D eigenvalue weighted by Gasteiger charge is -2.18. The molecule has 6 nitrogen and oxygen atoms in total. The molecule has 1 aromatic rings. The molecule has 1 heterocycles. The lowest BCUT2D eigenvalue weighted by Crippen LogP contribution is -2.39. The van der Waals surface area contributed by atoms with E-state index in [0.717, 1.165) is 0 Å². The van der Waals surface area contributed by atoms with Crippen molar-refractivity contribution >= 4 is 10.0 Å². The molecule has 2 unspecified atom stereocenters. The molecule has 1 saturated heterocycles. The molecular weight excluding hydrogens is 292 g/mol. The van der Waals surface area contributed by atoms with Gasteiger partial charge in [0.25, 0.3) is 0 Å². The summed E-state index contributed by atoms with van der Waals surface area (Å²) < 4.78 is 38.4. The molecule has 3 N–H and O–H groups in total. The summed E-state index contributed by atoms with van der Waals surface area (Å²) in [7, 11) is -2.05. The maximum Gasteiger partial charge on any atom is 0.241 e. The van der Waals surface area contributed by atoms with E-state index in [1.807, 2.05) is 6.92 Å². The van der Waals surface area contributed by atoms with Gasteiger partial charge in [-0.2, -0.15) is 0 Å². The number of nitrogens with two attached hydrogens (primary N) is 1. The minimum Gasteiger partial charge on any atom is -0.497 e. The van der Waals surface area contributed by atoms with Crippen molar-refractivity contribution in [3.05, 3.63) is 23.8 Å². The fraction of sp³-hybridized carbons (Fsp3) is 0.571. The quantitative estimate of drug-likeness (QED) is 0.804. The van der Waals surface area contributed by atoms with Crippen LogP contribution in [0.3, 0.4) is 0 Å². The highest BCUT2D eigenvalue weighted by Crippen LogP contribution is 2.24. The Morgan fingerprint density at radius 1 is 1.48 bits per heavy atom. The van der Waals surface area contributed by atoms with Crippen LogP contribution >= 0.6 is 0 Å². The van der Waals surface area contributed by atoms with Crippen molar-refractivity contribution in [1.82, 2.24) is 4.72 Å². The summed E-state index contributed by atoms with van der Waals surface area (Å²) in [5.74, 6) is 0.620. The predicted octanol–water partition coefficient (Wildman–Crippen LogP) is 0.652. The first-order valence-electron chi connectivity index (χ1n) is 6.99. The molecule has 1 aliphatic heterocycles. The van der Waals surface area contributed by atoms with Crippen molar-refractivity contribution in [3.8, 4) is 5.75 Å². The molecule has 0 spiro atoms. The van der Waals surface area contributed by atoms with Crippen LogP contribution in [0.15, 0.2) is 23.1 Å². The van der Waals surface area contributed by atoms with Crippen LogP contribution in [0.1, 0.15) is 18.9 Å². The first kappa shape index (κ1) is 16.2. The minimum atomic E-state index is -3.60. The van der Waals surface area contributed by atoms with E-state index in [9.17, 15) is 8.42 Å². The Bertz CT molecular complexity index is 589. The molecule has 1 aliphatic rings. The van der Waals surface area contributed by atoms with E-state index in [1.165, 1.54) is 0 Å². The third kappa shape index (κ3) is 3.74. The number of rotatable bonds is 6. The van der Waals surface area contributed by atoms with Crippen LogP contribution in [0.2, 0.25) is 0 Å². The van der Waals surface area contributed by atoms with Crippen LogP contribution in [0.4, 0.5) is 0 Å². The second-order valence-electron chi connectivity index (χ2n) is 5.10. The molecule has 0 bridgehead atoms. The SMILES string of the molecule is COc1ccc(S(=O)(=O)NC2CCOC2C)c(CCN)c1. The molecule has 2 atom stereocenters. The van der Waals surface area contributed by atoms with Gasteiger partial charge >= 0.3 is 0 Å². The second kappa shape index (κ2) is 6.74. The molecule has 0 aromatic heterocycles. The van der Waals surface area contributed by atoms with Gasteiger partial charge in [0.1, 0.15) is 5.75 Å². The molecule has 7 heteroatoms. The van der Waals surface area contributed by atoms with Gasteiger partial charge < -0.3 is 15.2 Å². The maximum absolute atomic E-state index is 12.6. The maximum atomic E-state index is 12.6. The average molecular weight is 314 g/mol. The molecule has 0 radical (unpaired) electrons. The van der Waals surface area contributed by atoms with Crippen LogP contribution < -0.4 is 15.2 Å².